The Balaban J connectivity index is 2.12. The van der Waals surface area contributed by atoms with Gasteiger partial charge in [-0.2, -0.15) is 4.39 Å². The van der Waals surface area contributed by atoms with Crippen molar-refractivity contribution in [1.82, 2.24) is 0 Å². The Kier molecular flexibility index (Phi) is 7.59. The van der Waals surface area contributed by atoms with Crippen LogP contribution in [0.4, 0.5) is 15.8 Å². The van der Waals surface area contributed by atoms with E-state index in [1.165, 1.54) is 11.8 Å². The van der Waals surface area contributed by atoms with Gasteiger partial charge in [0.25, 0.3) is 0 Å². The topological polar surface area (TPSA) is 49.8 Å². The number of benzene rings is 2. The SMILES string of the molecule is CCC1(C(C)C)CSc2cc(O/C=C(\F)C(=O)O)c(SC)cc2N(c2ccccc2)C1. The van der Waals surface area contributed by atoms with Gasteiger partial charge in [0.1, 0.15) is 12.0 Å². The molecule has 31 heavy (non-hydrogen) atoms. The Morgan fingerprint density at radius 1 is 1.35 bits per heavy atom. The number of carboxylic acid groups (broad SMARTS) is 1. The lowest BCUT2D eigenvalue weighted by molar-refractivity contribution is -0.134. The molecule has 1 atom stereocenters. The van der Waals surface area contributed by atoms with Crippen molar-refractivity contribution in [3.63, 3.8) is 0 Å². The van der Waals surface area contributed by atoms with E-state index in [1.54, 1.807) is 11.8 Å². The number of hydrogen-bond donors (Lipinski definition) is 1. The van der Waals surface area contributed by atoms with Crippen molar-refractivity contribution in [3.8, 4) is 5.75 Å². The lowest BCUT2D eigenvalue weighted by Gasteiger charge is -2.39. The summed E-state index contributed by atoms with van der Waals surface area (Å²) in [5.41, 5.74) is 2.34. The highest BCUT2D eigenvalue weighted by atomic mass is 32.2. The first kappa shape index (κ1) is 23.5. The van der Waals surface area contributed by atoms with E-state index in [-0.39, 0.29) is 5.41 Å². The molecule has 0 aliphatic carbocycles. The number of nitrogens with zero attached hydrogens (tertiary/aromatic N) is 1. The maximum Gasteiger partial charge on any atom is 0.368 e. The van der Waals surface area contributed by atoms with E-state index in [2.05, 4.69) is 43.9 Å². The standard InChI is InChI=1S/C24H28FNO3S2/c1-5-24(16(2)3)14-26(17-9-7-6-8-10-17)19-11-22(30-4)20(12-21(19)31-15-24)29-13-18(25)23(27)28/h6-13,16H,5,14-15H2,1-4H3,(H,27,28)/b18-13-. The third-order valence-electron chi connectivity index (χ3n) is 6.01. The Labute approximate surface area is 191 Å². The molecule has 166 valence electrons. The van der Waals surface area contributed by atoms with Gasteiger partial charge in [0.2, 0.25) is 5.83 Å². The highest BCUT2D eigenvalue weighted by Crippen LogP contribution is 2.50. The van der Waals surface area contributed by atoms with Crippen molar-refractivity contribution >= 4 is 40.9 Å². The summed E-state index contributed by atoms with van der Waals surface area (Å²) in [7, 11) is 0. The molecule has 1 aliphatic rings. The van der Waals surface area contributed by atoms with E-state index < -0.39 is 11.8 Å². The Bertz CT molecular complexity index is 965. The van der Waals surface area contributed by atoms with Gasteiger partial charge in [0, 0.05) is 22.9 Å². The van der Waals surface area contributed by atoms with Gasteiger partial charge >= 0.3 is 5.97 Å². The number of hydrogen-bond acceptors (Lipinski definition) is 5. The van der Waals surface area contributed by atoms with E-state index in [4.69, 9.17) is 9.84 Å². The average molecular weight is 462 g/mol. The van der Waals surface area contributed by atoms with Gasteiger partial charge in [-0.1, -0.05) is 39.0 Å². The molecule has 2 aromatic carbocycles. The number of aliphatic carboxylic acids is 1. The molecule has 0 bridgehead atoms. The molecule has 4 nitrogen and oxygen atoms in total. The summed E-state index contributed by atoms with van der Waals surface area (Å²) in [5.74, 6) is -1.07. The van der Waals surface area contributed by atoms with Crippen LogP contribution in [0.3, 0.4) is 0 Å². The second-order valence-electron chi connectivity index (χ2n) is 7.94. The van der Waals surface area contributed by atoms with E-state index in [9.17, 15) is 9.18 Å². The molecule has 0 aromatic heterocycles. The molecule has 3 rings (SSSR count). The molecular weight excluding hydrogens is 433 g/mol. The minimum Gasteiger partial charge on any atom is -0.476 e. The predicted molar refractivity (Wildman–Crippen MR) is 127 cm³/mol. The maximum absolute atomic E-state index is 13.5. The lowest BCUT2D eigenvalue weighted by atomic mass is 9.76. The van der Waals surface area contributed by atoms with Crippen molar-refractivity contribution in [1.29, 1.82) is 0 Å². The van der Waals surface area contributed by atoms with E-state index in [0.717, 1.165) is 39.9 Å². The van der Waals surface area contributed by atoms with Gasteiger partial charge in [-0.3, -0.25) is 0 Å². The van der Waals surface area contributed by atoms with Gasteiger partial charge < -0.3 is 14.7 Å². The van der Waals surface area contributed by atoms with Crippen LogP contribution < -0.4 is 9.64 Å². The highest BCUT2D eigenvalue weighted by Gasteiger charge is 2.38. The van der Waals surface area contributed by atoms with E-state index in [0.29, 0.717) is 17.9 Å². The normalized spacial score (nSPS) is 19.2. The van der Waals surface area contributed by atoms with Crippen LogP contribution in [0.1, 0.15) is 27.2 Å². The summed E-state index contributed by atoms with van der Waals surface area (Å²) in [6.45, 7) is 7.71. The third kappa shape index (κ3) is 5.04. The fourth-order valence-corrected chi connectivity index (χ4v) is 5.87. The summed E-state index contributed by atoms with van der Waals surface area (Å²) in [6, 6.07) is 14.3. The summed E-state index contributed by atoms with van der Waals surface area (Å²) in [6.07, 6.45) is 3.64. The quantitative estimate of drug-likeness (QED) is 0.273. The number of carboxylic acids is 1. The number of carbonyl (C=O) groups is 1. The first-order valence-electron chi connectivity index (χ1n) is 10.2. The molecular formula is C24H28FNO3S2. The van der Waals surface area contributed by atoms with Gasteiger partial charge in [0.05, 0.1) is 10.6 Å². The van der Waals surface area contributed by atoms with Crippen LogP contribution in [-0.4, -0.2) is 29.6 Å². The fourth-order valence-electron chi connectivity index (χ4n) is 3.75. The average Bonchev–Trinajstić information content (AvgIpc) is 2.94. The number of thioether (sulfide) groups is 2. The summed E-state index contributed by atoms with van der Waals surface area (Å²) in [4.78, 5) is 15.0. The molecule has 1 unspecified atom stereocenters. The van der Waals surface area contributed by atoms with Crippen molar-refractivity contribution in [2.45, 2.75) is 37.0 Å². The number of rotatable bonds is 7. The largest absolute Gasteiger partial charge is 0.476 e. The molecule has 0 saturated heterocycles. The summed E-state index contributed by atoms with van der Waals surface area (Å²) >= 11 is 3.26. The van der Waals surface area contributed by atoms with Crippen LogP contribution in [0.25, 0.3) is 0 Å². The van der Waals surface area contributed by atoms with Crippen molar-refractivity contribution in [2.75, 3.05) is 23.5 Å². The molecule has 7 heteroatoms. The van der Waals surface area contributed by atoms with E-state index >= 15 is 0 Å². The van der Waals surface area contributed by atoms with Crippen molar-refractivity contribution in [3.05, 3.63) is 54.6 Å². The van der Waals surface area contributed by atoms with Crippen molar-refractivity contribution < 1.29 is 19.0 Å². The maximum atomic E-state index is 13.5. The van der Waals surface area contributed by atoms with Gasteiger partial charge in [-0.15, -0.1) is 23.5 Å². The monoisotopic (exact) mass is 461 g/mol. The zero-order valence-corrected chi connectivity index (χ0v) is 19.9. The predicted octanol–water partition coefficient (Wildman–Crippen LogP) is 6.98. The summed E-state index contributed by atoms with van der Waals surface area (Å²) < 4.78 is 18.9. The van der Waals surface area contributed by atoms with Gasteiger partial charge in [-0.05, 0) is 48.3 Å². The first-order valence-corrected chi connectivity index (χ1v) is 12.5. The van der Waals surface area contributed by atoms with Crippen LogP contribution >= 0.6 is 23.5 Å². The Morgan fingerprint density at radius 3 is 2.65 bits per heavy atom. The minimum atomic E-state index is -1.64. The number of halogens is 1. The van der Waals surface area contributed by atoms with Crippen LogP contribution in [0.15, 0.2) is 64.3 Å². The second kappa shape index (κ2) is 10.0. The smallest absolute Gasteiger partial charge is 0.368 e. The molecule has 1 heterocycles. The molecule has 0 amide bonds. The van der Waals surface area contributed by atoms with Crippen LogP contribution in [0.2, 0.25) is 0 Å². The summed E-state index contributed by atoms with van der Waals surface area (Å²) in [5, 5.41) is 8.77. The molecule has 1 aliphatic heterocycles. The van der Waals surface area contributed by atoms with Gasteiger partial charge in [0.15, 0.2) is 0 Å². The highest BCUT2D eigenvalue weighted by molar-refractivity contribution is 7.99. The number of para-hydroxylation sites is 1. The zero-order chi connectivity index (χ0) is 22.6. The zero-order valence-electron chi connectivity index (χ0n) is 18.2. The Morgan fingerprint density at radius 2 is 2.06 bits per heavy atom. The van der Waals surface area contributed by atoms with E-state index in [1.807, 2.05) is 30.5 Å². The Hall–Kier alpha value is -2.12. The number of fused-ring (bicyclic) bond motifs is 1. The lowest BCUT2D eigenvalue weighted by Crippen LogP contribution is -2.39. The third-order valence-corrected chi connectivity index (χ3v) is 8.13. The molecule has 2 aromatic rings. The van der Waals surface area contributed by atoms with Gasteiger partial charge in [-0.25, -0.2) is 4.79 Å². The second-order valence-corrected chi connectivity index (χ2v) is 9.81. The first-order chi connectivity index (χ1) is 14.8. The van der Waals surface area contributed by atoms with Crippen LogP contribution in [-0.2, 0) is 4.79 Å². The molecule has 0 spiro atoms. The fraction of sp³-hybridized carbons (Fsp3) is 0.375. The molecule has 0 saturated carbocycles. The van der Waals surface area contributed by atoms with Crippen molar-refractivity contribution in [2.24, 2.45) is 11.3 Å². The van der Waals surface area contributed by atoms with Crippen LogP contribution in [0, 0.1) is 11.3 Å². The van der Waals surface area contributed by atoms with Crippen LogP contribution in [0.5, 0.6) is 5.75 Å². The number of ether oxygens (including phenoxy) is 1. The molecule has 0 fully saturated rings. The molecule has 1 N–H and O–H groups in total. The number of anilines is 2. The molecule has 0 radical (unpaired) electrons. The minimum absolute atomic E-state index is 0.120.